The van der Waals surface area contributed by atoms with E-state index in [0.717, 1.165) is 51.3 Å². The fourth-order valence-electron chi connectivity index (χ4n) is 2.33. The molecule has 0 aliphatic carbocycles. The van der Waals surface area contributed by atoms with Gasteiger partial charge in [0.25, 0.3) is 0 Å². The summed E-state index contributed by atoms with van der Waals surface area (Å²) in [5.41, 5.74) is 0.853. The molecular weight excluding hydrogens is 300 g/mol. The van der Waals surface area contributed by atoms with E-state index in [-0.39, 0.29) is 5.91 Å². The number of rotatable bonds is 7. The molecule has 0 saturated carbocycles. The van der Waals surface area contributed by atoms with Gasteiger partial charge >= 0.3 is 0 Å². The smallest absolute Gasteiger partial charge is 0.243 e. The van der Waals surface area contributed by atoms with Crippen LogP contribution in [0.2, 0.25) is 5.02 Å². The Morgan fingerprint density at radius 3 is 2.82 bits per heavy atom. The monoisotopic (exact) mass is 322 g/mol. The number of hydrogen-bond acceptors (Lipinski definition) is 3. The Kier molecular flexibility index (Phi) is 7.43. The van der Waals surface area contributed by atoms with Gasteiger partial charge in [0.05, 0.1) is 13.2 Å². The van der Waals surface area contributed by atoms with E-state index in [4.69, 9.17) is 16.3 Å². The second-order valence-corrected chi connectivity index (χ2v) is 5.71. The van der Waals surface area contributed by atoms with Gasteiger partial charge in [-0.2, -0.15) is 0 Å². The highest BCUT2D eigenvalue weighted by Crippen LogP contribution is 2.15. The molecule has 4 nitrogen and oxygen atoms in total. The molecule has 0 unspecified atom stereocenters. The van der Waals surface area contributed by atoms with E-state index in [9.17, 15) is 4.79 Å². The molecule has 0 spiro atoms. The lowest BCUT2D eigenvalue weighted by molar-refractivity contribution is -0.116. The van der Waals surface area contributed by atoms with Crippen LogP contribution in [0.4, 0.5) is 0 Å². The number of benzene rings is 1. The third kappa shape index (κ3) is 6.18. The Bertz CT molecular complexity index is 499. The molecule has 0 aromatic heterocycles. The molecule has 22 heavy (non-hydrogen) atoms. The van der Waals surface area contributed by atoms with Crippen molar-refractivity contribution in [2.24, 2.45) is 0 Å². The van der Waals surface area contributed by atoms with Gasteiger partial charge in [0.1, 0.15) is 0 Å². The number of amides is 1. The van der Waals surface area contributed by atoms with Gasteiger partial charge in [-0.15, -0.1) is 0 Å². The maximum absolute atomic E-state index is 11.7. The van der Waals surface area contributed by atoms with Gasteiger partial charge < -0.3 is 10.1 Å². The van der Waals surface area contributed by atoms with Gasteiger partial charge in [0, 0.05) is 30.7 Å². The summed E-state index contributed by atoms with van der Waals surface area (Å²) in [6.45, 7) is 5.50. The van der Waals surface area contributed by atoms with Crippen molar-refractivity contribution in [1.82, 2.24) is 10.2 Å². The van der Waals surface area contributed by atoms with Gasteiger partial charge in [-0.05, 0) is 37.1 Å². The van der Waals surface area contributed by atoms with Crippen molar-refractivity contribution < 1.29 is 9.53 Å². The molecular formula is C17H23ClN2O2. The minimum Gasteiger partial charge on any atom is -0.379 e. The van der Waals surface area contributed by atoms with Crippen LogP contribution in [0.25, 0.3) is 6.08 Å². The summed E-state index contributed by atoms with van der Waals surface area (Å²) in [5.74, 6) is -0.0775. The lowest BCUT2D eigenvalue weighted by atomic mass is 10.2. The van der Waals surface area contributed by atoms with E-state index in [1.807, 2.05) is 24.3 Å². The molecule has 0 atom stereocenters. The maximum atomic E-state index is 11.7. The molecule has 2 rings (SSSR count). The van der Waals surface area contributed by atoms with Gasteiger partial charge in [0.2, 0.25) is 5.91 Å². The molecule has 1 fully saturated rings. The van der Waals surface area contributed by atoms with Crippen LogP contribution in [-0.2, 0) is 9.53 Å². The summed E-state index contributed by atoms with van der Waals surface area (Å²) in [6.07, 6.45) is 5.35. The van der Waals surface area contributed by atoms with Crippen molar-refractivity contribution in [3.05, 3.63) is 40.9 Å². The first-order valence-electron chi connectivity index (χ1n) is 7.76. The Morgan fingerprint density at radius 1 is 1.27 bits per heavy atom. The molecule has 0 bridgehead atoms. The fourth-order valence-corrected chi connectivity index (χ4v) is 2.53. The van der Waals surface area contributed by atoms with Gasteiger partial charge in [-0.1, -0.05) is 29.8 Å². The number of morpholine rings is 1. The highest BCUT2D eigenvalue weighted by Gasteiger charge is 2.08. The van der Waals surface area contributed by atoms with Crippen molar-refractivity contribution in [2.45, 2.75) is 12.8 Å². The molecule has 5 heteroatoms. The Labute approximate surface area is 137 Å². The lowest BCUT2D eigenvalue weighted by Gasteiger charge is -2.26. The largest absolute Gasteiger partial charge is 0.379 e. The molecule has 1 aromatic rings. The second-order valence-electron chi connectivity index (χ2n) is 5.31. The van der Waals surface area contributed by atoms with Gasteiger partial charge in [-0.25, -0.2) is 0 Å². The maximum Gasteiger partial charge on any atom is 0.243 e. The zero-order chi connectivity index (χ0) is 15.6. The van der Waals surface area contributed by atoms with E-state index in [1.165, 1.54) is 6.08 Å². The summed E-state index contributed by atoms with van der Waals surface area (Å²) >= 11 is 6.03. The molecule has 1 saturated heterocycles. The molecule has 1 aliphatic rings. The number of nitrogens with one attached hydrogen (secondary N) is 1. The van der Waals surface area contributed by atoms with Crippen LogP contribution < -0.4 is 5.32 Å². The highest BCUT2D eigenvalue weighted by molar-refractivity contribution is 6.32. The van der Waals surface area contributed by atoms with Crippen molar-refractivity contribution in [1.29, 1.82) is 0 Å². The predicted octanol–water partition coefficient (Wildman–Crippen LogP) is 2.58. The molecule has 120 valence electrons. The Morgan fingerprint density at radius 2 is 2.05 bits per heavy atom. The van der Waals surface area contributed by atoms with Gasteiger partial charge in [-0.3, -0.25) is 9.69 Å². The summed E-state index contributed by atoms with van der Waals surface area (Å²) in [7, 11) is 0. The average Bonchev–Trinajstić information content (AvgIpc) is 2.55. The van der Waals surface area contributed by atoms with Crippen molar-refractivity contribution in [3.8, 4) is 0 Å². The standard InChI is InChI=1S/C17H23ClN2O2/c18-16-6-2-1-5-15(16)7-8-17(21)19-9-3-4-10-20-11-13-22-14-12-20/h1-2,5-8H,3-4,9-14H2,(H,19,21). The minimum absolute atomic E-state index is 0.0775. The average molecular weight is 323 g/mol. The van der Waals surface area contributed by atoms with Crippen LogP contribution in [0.1, 0.15) is 18.4 Å². The van der Waals surface area contributed by atoms with E-state index in [0.29, 0.717) is 11.6 Å². The van der Waals surface area contributed by atoms with Gasteiger partial charge in [0.15, 0.2) is 0 Å². The fraction of sp³-hybridized carbons (Fsp3) is 0.471. The molecule has 1 aliphatic heterocycles. The zero-order valence-corrected chi connectivity index (χ0v) is 13.5. The number of unbranched alkanes of at least 4 members (excludes halogenated alkanes) is 1. The summed E-state index contributed by atoms with van der Waals surface area (Å²) in [6, 6.07) is 7.46. The molecule has 1 N–H and O–H groups in total. The number of nitrogens with zero attached hydrogens (tertiary/aromatic N) is 1. The molecule has 1 aromatic carbocycles. The van der Waals surface area contributed by atoms with E-state index in [1.54, 1.807) is 6.08 Å². The van der Waals surface area contributed by atoms with Crippen molar-refractivity contribution in [3.63, 3.8) is 0 Å². The van der Waals surface area contributed by atoms with Crippen LogP contribution in [0.5, 0.6) is 0 Å². The summed E-state index contributed by atoms with van der Waals surface area (Å²) in [4.78, 5) is 14.1. The predicted molar refractivity (Wildman–Crippen MR) is 90.0 cm³/mol. The minimum atomic E-state index is -0.0775. The Hall–Kier alpha value is -1.36. The number of hydrogen-bond donors (Lipinski definition) is 1. The van der Waals surface area contributed by atoms with Crippen LogP contribution in [0.15, 0.2) is 30.3 Å². The third-order valence-corrected chi connectivity index (χ3v) is 3.97. The van der Waals surface area contributed by atoms with E-state index < -0.39 is 0 Å². The van der Waals surface area contributed by atoms with E-state index >= 15 is 0 Å². The molecule has 0 radical (unpaired) electrons. The van der Waals surface area contributed by atoms with E-state index in [2.05, 4.69) is 10.2 Å². The summed E-state index contributed by atoms with van der Waals surface area (Å²) < 4.78 is 5.31. The van der Waals surface area contributed by atoms with Crippen molar-refractivity contribution >= 4 is 23.6 Å². The highest BCUT2D eigenvalue weighted by atomic mass is 35.5. The summed E-state index contributed by atoms with van der Waals surface area (Å²) in [5, 5.41) is 3.55. The number of ether oxygens (including phenoxy) is 1. The first kappa shape index (κ1) is 17.0. The first-order chi connectivity index (χ1) is 10.8. The number of carbonyl (C=O) groups excluding carboxylic acids is 1. The lowest BCUT2D eigenvalue weighted by Crippen LogP contribution is -2.37. The topological polar surface area (TPSA) is 41.6 Å². The Balaban J connectivity index is 1.58. The van der Waals surface area contributed by atoms with Crippen LogP contribution in [0.3, 0.4) is 0 Å². The number of halogens is 1. The normalized spacial score (nSPS) is 16.0. The number of carbonyl (C=O) groups is 1. The van der Waals surface area contributed by atoms with Crippen LogP contribution in [-0.4, -0.2) is 50.2 Å². The van der Waals surface area contributed by atoms with Crippen LogP contribution in [0, 0.1) is 0 Å². The SMILES string of the molecule is O=C(C=Cc1ccccc1Cl)NCCCCN1CCOCC1. The molecule has 1 heterocycles. The first-order valence-corrected chi connectivity index (χ1v) is 8.14. The van der Waals surface area contributed by atoms with Crippen molar-refractivity contribution in [2.75, 3.05) is 39.4 Å². The van der Waals surface area contributed by atoms with Crippen LogP contribution >= 0.6 is 11.6 Å². The second kappa shape index (κ2) is 9.62. The molecule has 1 amide bonds. The third-order valence-electron chi connectivity index (χ3n) is 3.62. The zero-order valence-electron chi connectivity index (χ0n) is 12.8. The quantitative estimate of drug-likeness (QED) is 0.619.